The molecule has 0 radical (unpaired) electrons. The third kappa shape index (κ3) is 5.66. The Kier molecular flexibility index (Phi) is 7.79. The summed E-state index contributed by atoms with van der Waals surface area (Å²) < 4.78 is 7.55. The van der Waals surface area contributed by atoms with E-state index in [1.54, 1.807) is 24.9 Å². The third-order valence-corrected chi connectivity index (χ3v) is 7.66. The quantitative estimate of drug-likeness (QED) is 0.237. The molecule has 0 unspecified atom stereocenters. The largest absolute Gasteiger partial charge is 0.495 e. The van der Waals surface area contributed by atoms with E-state index in [-0.39, 0.29) is 5.91 Å². The molecule has 0 bridgehead atoms. The Bertz CT molecular complexity index is 1520. The number of nitrogens with one attached hydrogen (secondary N) is 1. The van der Waals surface area contributed by atoms with Crippen LogP contribution < -0.4 is 10.1 Å². The van der Waals surface area contributed by atoms with E-state index in [9.17, 15) is 4.79 Å². The number of carbonyl (C=O) groups is 1. The molecule has 0 aliphatic heterocycles. The van der Waals surface area contributed by atoms with E-state index in [1.165, 1.54) is 23.1 Å². The first-order chi connectivity index (χ1) is 18.1. The van der Waals surface area contributed by atoms with Crippen molar-refractivity contribution in [1.29, 1.82) is 0 Å². The van der Waals surface area contributed by atoms with Crippen molar-refractivity contribution >= 4 is 40.6 Å². The first-order valence-corrected chi connectivity index (χ1v) is 13.5. The second-order valence-electron chi connectivity index (χ2n) is 7.75. The van der Waals surface area contributed by atoms with Crippen LogP contribution in [0.5, 0.6) is 5.75 Å². The molecule has 8 nitrogen and oxygen atoms in total. The van der Waals surface area contributed by atoms with Crippen LogP contribution in [-0.2, 0) is 12.3 Å². The summed E-state index contributed by atoms with van der Waals surface area (Å²) in [6, 6.07) is 18.9. The predicted molar refractivity (Wildman–Crippen MR) is 145 cm³/mol. The topological polar surface area (TPSA) is 94.8 Å². The number of thioether (sulfide) groups is 1. The highest BCUT2D eigenvalue weighted by atomic mass is 35.5. The van der Waals surface area contributed by atoms with Gasteiger partial charge < -0.3 is 10.1 Å². The van der Waals surface area contributed by atoms with Gasteiger partial charge in [0.05, 0.1) is 23.6 Å². The number of hydrogen-bond donors (Lipinski definition) is 1. The standard InChI is InChI=1S/C26H21ClN6O2S2/c1-35-22-11-5-4-10-21(22)33-24(18-8-2-3-9-19(18)27)31-32-26(33)37-16-23-30-20(15-36-23)25(34)29-14-17-7-6-12-28-13-17/h2-13,15H,14,16H2,1H3,(H,29,34). The van der Waals surface area contributed by atoms with E-state index in [4.69, 9.17) is 16.3 Å². The normalized spacial score (nSPS) is 10.9. The number of amides is 1. The number of pyridine rings is 1. The van der Waals surface area contributed by atoms with Crippen LogP contribution in [0.1, 0.15) is 21.1 Å². The number of para-hydroxylation sites is 2. The molecule has 0 aliphatic rings. The van der Waals surface area contributed by atoms with Gasteiger partial charge in [0.25, 0.3) is 5.91 Å². The lowest BCUT2D eigenvalue weighted by Crippen LogP contribution is -2.23. The Morgan fingerprint density at radius 3 is 2.76 bits per heavy atom. The fourth-order valence-electron chi connectivity index (χ4n) is 3.60. The molecule has 0 atom stereocenters. The molecule has 1 amide bonds. The number of hydrogen-bond acceptors (Lipinski definition) is 8. The van der Waals surface area contributed by atoms with Crippen LogP contribution in [0.2, 0.25) is 5.02 Å². The second kappa shape index (κ2) is 11.5. The Morgan fingerprint density at radius 1 is 1.11 bits per heavy atom. The van der Waals surface area contributed by atoms with Crippen LogP contribution in [0.3, 0.4) is 0 Å². The zero-order chi connectivity index (χ0) is 25.6. The van der Waals surface area contributed by atoms with Crippen LogP contribution in [0, 0.1) is 0 Å². The summed E-state index contributed by atoms with van der Waals surface area (Å²) in [7, 11) is 1.63. The summed E-state index contributed by atoms with van der Waals surface area (Å²) in [4.78, 5) is 21.1. The highest BCUT2D eigenvalue weighted by molar-refractivity contribution is 7.98. The van der Waals surface area contributed by atoms with Gasteiger partial charge in [-0.25, -0.2) is 4.98 Å². The summed E-state index contributed by atoms with van der Waals surface area (Å²) in [6.45, 7) is 0.390. The lowest BCUT2D eigenvalue weighted by Gasteiger charge is -2.14. The molecule has 2 aromatic carbocycles. The van der Waals surface area contributed by atoms with Gasteiger partial charge in [0.1, 0.15) is 16.5 Å². The molecule has 0 aliphatic carbocycles. The van der Waals surface area contributed by atoms with Gasteiger partial charge in [0.15, 0.2) is 11.0 Å². The average molecular weight is 549 g/mol. The van der Waals surface area contributed by atoms with Crippen molar-refractivity contribution in [1.82, 2.24) is 30.0 Å². The number of aromatic nitrogens is 5. The van der Waals surface area contributed by atoms with Crippen molar-refractivity contribution in [2.24, 2.45) is 0 Å². The Balaban J connectivity index is 1.37. The number of benzene rings is 2. The van der Waals surface area contributed by atoms with Crippen molar-refractivity contribution < 1.29 is 9.53 Å². The Hall–Kier alpha value is -3.73. The molecule has 0 saturated carbocycles. The summed E-state index contributed by atoms with van der Waals surface area (Å²) in [5, 5.41) is 15.6. The zero-order valence-corrected chi connectivity index (χ0v) is 22.1. The molecular weight excluding hydrogens is 528 g/mol. The number of nitrogens with zero attached hydrogens (tertiary/aromatic N) is 5. The summed E-state index contributed by atoms with van der Waals surface area (Å²) in [6.07, 6.45) is 3.42. The molecule has 3 aromatic heterocycles. The fourth-order valence-corrected chi connectivity index (χ4v) is 5.55. The van der Waals surface area contributed by atoms with Crippen molar-refractivity contribution in [2.45, 2.75) is 17.5 Å². The lowest BCUT2D eigenvalue weighted by molar-refractivity contribution is 0.0946. The van der Waals surface area contributed by atoms with Crippen LogP contribution in [0.25, 0.3) is 17.1 Å². The molecule has 186 valence electrons. The van der Waals surface area contributed by atoms with Gasteiger partial charge >= 0.3 is 0 Å². The number of ether oxygens (including phenoxy) is 1. The first-order valence-electron chi connectivity index (χ1n) is 11.2. The molecule has 37 heavy (non-hydrogen) atoms. The fraction of sp³-hybridized carbons (Fsp3) is 0.115. The van der Waals surface area contributed by atoms with E-state index >= 15 is 0 Å². The molecule has 5 rings (SSSR count). The van der Waals surface area contributed by atoms with Crippen molar-refractivity contribution in [3.63, 3.8) is 0 Å². The minimum Gasteiger partial charge on any atom is -0.495 e. The number of halogens is 1. The maximum Gasteiger partial charge on any atom is 0.271 e. The SMILES string of the molecule is COc1ccccc1-n1c(SCc2nc(C(=O)NCc3cccnc3)cs2)nnc1-c1ccccc1Cl. The summed E-state index contributed by atoms with van der Waals surface area (Å²) in [5.41, 5.74) is 2.86. The van der Waals surface area contributed by atoms with E-state index in [2.05, 4.69) is 25.5 Å². The monoisotopic (exact) mass is 548 g/mol. The van der Waals surface area contributed by atoms with Crippen molar-refractivity contribution in [2.75, 3.05) is 7.11 Å². The Morgan fingerprint density at radius 2 is 1.95 bits per heavy atom. The highest BCUT2D eigenvalue weighted by Crippen LogP contribution is 2.36. The van der Waals surface area contributed by atoms with Gasteiger partial charge in [-0.15, -0.1) is 21.5 Å². The van der Waals surface area contributed by atoms with Crippen LogP contribution >= 0.6 is 34.7 Å². The molecule has 0 spiro atoms. The van der Waals surface area contributed by atoms with E-state index in [0.717, 1.165) is 21.8 Å². The molecular formula is C26H21ClN6O2S2. The Labute approximate surface area is 226 Å². The maximum absolute atomic E-state index is 12.6. The number of carbonyl (C=O) groups excluding carboxylic acids is 1. The van der Waals surface area contributed by atoms with E-state index in [1.807, 2.05) is 65.2 Å². The zero-order valence-electron chi connectivity index (χ0n) is 19.7. The molecule has 5 aromatic rings. The molecule has 1 N–H and O–H groups in total. The van der Waals surface area contributed by atoms with Gasteiger partial charge in [-0.3, -0.25) is 14.3 Å². The predicted octanol–water partition coefficient (Wildman–Crippen LogP) is 5.67. The number of rotatable bonds is 9. The van der Waals surface area contributed by atoms with Gasteiger partial charge in [0.2, 0.25) is 0 Å². The third-order valence-electron chi connectivity index (χ3n) is 5.36. The van der Waals surface area contributed by atoms with Gasteiger partial charge in [-0.05, 0) is 35.9 Å². The number of thiazole rings is 1. The van der Waals surface area contributed by atoms with Gasteiger partial charge in [-0.2, -0.15) is 0 Å². The second-order valence-corrected chi connectivity index (χ2v) is 10.0. The lowest BCUT2D eigenvalue weighted by atomic mass is 10.2. The van der Waals surface area contributed by atoms with Gasteiger partial charge in [0, 0.05) is 29.9 Å². The van der Waals surface area contributed by atoms with Gasteiger partial charge in [-0.1, -0.05) is 53.7 Å². The molecule has 0 fully saturated rings. The highest BCUT2D eigenvalue weighted by Gasteiger charge is 2.21. The van der Waals surface area contributed by atoms with Crippen molar-refractivity contribution in [3.8, 4) is 22.8 Å². The van der Waals surface area contributed by atoms with Crippen LogP contribution in [-0.4, -0.2) is 37.7 Å². The first kappa shape index (κ1) is 24.9. The summed E-state index contributed by atoms with van der Waals surface area (Å²) >= 11 is 9.40. The van der Waals surface area contributed by atoms with E-state index < -0.39 is 0 Å². The number of methoxy groups -OCH3 is 1. The van der Waals surface area contributed by atoms with Crippen LogP contribution in [0.15, 0.2) is 83.6 Å². The smallest absolute Gasteiger partial charge is 0.271 e. The van der Waals surface area contributed by atoms with Crippen molar-refractivity contribution in [3.05, 3.63) is 99.7 Å². The minimum absolute atomic E-state index is 0.227. The van der Waals surface area contributed by atoms with Crippen LogP contribution in [0.4, 0.5) is 0 Å². The average Bonchev–Trinajstić information content (AvgIpc) is 3.59. The molecule has 3 heterocycles. The summed E-state index contributed by atoms with van der Waals surface area (Å²) in [5.74, 6) is 1.57. The maximum atomic E-state index is 12.6. The molecule has 0 saturated heterocycles. The minimum atomic E-state index is -0.227. The van der Waals surface area contributed by atoms with E-state index in [0.29, 0.717) is 39.7 Å². The molecule has 11 heteroatoms.